The molecule has 2 amide bonds. The van der Waals surface area contributed by atoms with E-state index in [2.05, 4.69) is 15.6 Å². The number of fused-ring (bicyclic) bond motifs is 1. The predicted octanol–water partition coefficient (Wildman–Crippen LogP) is 4.07. The maximum Gasteiger partial charge on any atom is 0.248 e. The van der Waals surface area contributed by atoms with E-state index < -0.39 is 23.2 Å². The van der Waals surface area contributed by atoms with Gasteiger partial charge in [0, 0.05) is 31.9 Å². The van der Waals surface area contributed by atoms with Gasteiger partial charge >= 0.3 is 0 Å². The van der Waals surface area contributed by atoms with Crippen molar-refractivity contribution >= 4 is 17.6 Å². The van der Waals surface area contributed by atoms with Crippen LogP contribution in [0.25, 0.3) is 0 Å². The Kier molecular flexibility index (Phi) is 8.26. The van der Waals surface area contributed by atoms with Crippen molar-refractivity contribution in [2.45, 2.75) is 64.1 Å². The first-order valence-corrected chi connectivity index (χ1v) is 12.9. The molecule has 38 heavy (non-hydrogen) atoms. The van der Waals surface area contributed by atoms with Crippen LogP contribution in [0, 0.1) is 11.6 Å². The monoisotopic (exact) mass is 523 g/mol. The molecule has 1 aromatic heterocycles. The minimum Gasteiger partial charge on any atom is -0.343 e. The number of imidazole rings is 1. The molecule has 2 atom stereocenters. The molecule has 0 saturated carbocycles. The lowest BCUT2D eigenvalue weighted by molar-refractivity contribution is -0.137. The van der Waals surface area contributed by atoms with E-state index in [-0.39, 0.29) is 17.9 Å². The molecule has 0 aliphatic heterocycles. The van der Waals surface area contributed by atoms with Gasteiger partial charge in [-0.3, -0.25) is 9.59 Å². The number of carbonyl (C=O) groups excluding carboxylic acids is 2. The van der Waals surface area contributed by atoms with Crippen LogP contribution in [0.3, 0.4) is 0 Å². The van der Waals surface area contributed by atoms with E-state index in [0.29, 0.717) is 42.8 Å². The highest BCUT2D eigenvalue weighted by Gasteiger charge is 2.33. The highest BCUT2D eigenvalue weighted by molar-refractivity contribution is 5.93. The average molecular weight is 524 g/mol. The molecule has 0 saturated heterocycles. The maximum atomic E-state index is 14.2. The Bertz CT molecular complexity index is 1290. The van der Waals surface area contributed by atoms with Gasteiger partial charge in [0.1, 0.15) is 17.2 Å². The van der Waals surface area contributed by atoms with Gasteiger partial charge in [0.25, 0.3) is 0 Å². The molecule has 1 aliphatic rings. The number of nitrogens with one attached hydrogen (secondary N) is 2. The van der Waals surface area contributed by atoms with Gasteiger partial charge in [-0.2, -0.15) is 0 Å². The van der Waals surface area contributed by atoms with Gasteiger partial charge in [0.2, 0.25) is 11.8 Å². The first-order valence-electron chi connectivity index (χ1n) is 12.9. The molecule has 0 bridgehead atoms. The average Bonchev–Trinajstić information content (AvgIpc) is 3.37. The lowest BCUT2D eigenvalue weighted by Crippen LogP contribution is -2.46. The summed E-state index contributed by atoms with van der Waals surface area (Å²) < 4.78 is 29.4. The van der Waals surface area contributed by atoms with Crippen LogP contribution in [-0.4, -0.2) is 51.9 Å². The van der Waals surface area contributed by atoms with Crippen molar-refractivity contribution in [1.29, 1.82) is 0 Å². The van der Waals surface area contributed by atoms with Gasteiger partial charge in [-0.15, -0.1) is 0 Å². The number of likely N-dealkylation sites (N-methyl/N-ethyl adjacent to an activating group) is 1. The number of amides is 2. The summed E-state index contributed by atoms with van der Waals surface area (Å²) in [6, 6.07) is 11.6. The number of aryl methyl sites for hydroxylation is 1. The van der Waals surface area contributed by atoms with Gasteiger partial charge in [0.15, 0.2) is 5.82 Å². The third-order valence-electron chi connectivity index (χ3n) is 7.27. The largest absolute Gasteiger partial charge is 0.343 e. The van der Waals surface area contributed by atoms with Crippen molar-refractivity contribution in [3.05, 3.63) is 83.3 Å². The van der Waals surface area contributed by atoms with Crippen LogP contribution in [0.1, 0.15) is 43.9 Å². The van der Waals surface area contributed by atoms with Gasteiger partial charge in [-0.25, -0.2) is 13.8 Å². The fraction of sp³-hybridized carbons (Fsp3) is 0.414. The molecule has 1 unspecified atom stereocenters. The molecule has 7 nitrogen and oxygen atoms in total. The second kappa shape index (κ2) is 11.4. The number of halogens is 2. The van der Waals surface area contributed by atoms with Crippen molar-refractivity contribution < 1.29 is 18.4 Å². The van der Waals surface area contributed by atoms with Crippen LogP contribution in [0.4, 0.5) is 14.6 Å². The summed E-state index contributed by atoms with van der Waals surface area (Å²) in [6.07, 6.45) is 5.55. The third kappa shape index (κ3) is 6.27. The second-order valence-corrected chi connectivity index (χ2v) is 10.5. The van der Waals surface area contributed by atoms with Crippen LogP contribution in [0.2, 0.25) is 0 Å². The summed E-state index contributed by atoms with van der Waals surface area (Å²) in [7, 11) is 1.78. The van der Waals surface area contributed by atoms with E-state index in [0.717, 1.165) is 18.1 Å². The topological polar surface area (TPSA) is 79.3 Å². The fourth-order valence-corrected chi connectivity index (χ4v) is 4.91. The number of nitrogens with zero attached hydrogens (tertiary/aromatic N) is 3. The molecular weight excluding hydrogens is 488 g/mol. The highest BCUT2D eigenvalue weighted by atomic mass is 19.1. The van der Waals surface area contributed by atoms with Crippen molar-refractivity contribution in [3.8, 4) is 0 Å². The maximum absolute atomic E-state index is 14.2. The van der Waals surface area contributed by atoms with Crippen LogP contribution in [0.15, 0.2) is 55.0 Å². The quantitative estimate of drug-likeness (QED) is 0.443. The zero-order valence-electron chi connectivity index (χ0n) is 22.3. The Morgan fingerprint density at radius 1 is 1.21 bits per heavy atom. The van der Waals surface area contributed by atoms with E-state index in [4.69, 9.17) is 0 Å². The molecule has 9 heteroatoms. The van der Waals surface area contributed by atoms with Crippen molar-refractivity contribution in [1.82, 2.24) is 19.8 Å². The molecule has 0 spiro atoms. The van der Waals surface area contributed by atoms with E-state index in [9.17, 15) is 18.4 Å². The number of benzene rings is 2. The first-order chi connectivity index (χ1) is 18.0. The molecule has 4 rings (SSSR count). The number of hydrogen-bond donors (Lipinski definition) is 2. The molecule has 1 heterocycles. The van der Waals surface area contributed by atoms with Crippen molar-refractivity contribution in [3.63, 3.8) is 0 Å². The number of hydrogen-bond acceptors (Lipinski definition) is 4. The second-order valence-electron chi connectivity index (χ2n) is 10.5. The smallest absolute Gasteiger partial charge is 0.248 e. The molecule has 3 aromatic rings. The van der Waals surface area contributed by atoms with Crippen molar-refractivity contribution in [2.75, 3.05) is 18.9 Å². The molecular formula is C29H35F2N5O2. The highest BCUT2D eigenvalue weighted by Crippen LogP contribution is 2.26. The number of aromatic nitrogens is 2. The van der Waals surface area contributed by atoms with Crippen LogP contribution >= 0.6 is 0 Å². The van der Waals surface area contributed by atoms with Gasteiger partial charge in [-0.05, 0) is 69.2 Å². The van der Waals surface area contributed by atoms with Gasteiger partial charge < -0.3 is 20.1 Å². The number of rotatable bonds is 9. The Hall–Kier alpha value is -3.59. The minimum absolute atomic E-state index is 0.0663. The lowest BCUT2D eigenvalue weighted by atomic mass is 9.87. The van der Waals surface area contributed by atoms with E-state index >= 15 is 0 Å². The fourth-order valence-electron chi connectivity index (χ4n) is 4.91. The van der Waals surface area contributed by atoms with Crippen LogP contribution in [0.5, 0.6) is 0 Å². The molecule has 2 N–H and O–H groups in total. The molecule has 0 radical (unpaired) electrons. The Labute approximate surface area is 222 Å². The summed E-state index contributed by atoms with van der Waals surface area (Å²) in [4.78, 5) is 32.0. The lowest BCUT2D eigenvalue weighted by Gasteiger charge is -2.30. The van der Waals surface area contributed by atoms with Crippen molar-refractivity contribution in [2.24, 2.45) is 0 Å². The Balaban J connectivity index is 1.32. The number of carbonyl (C=O) groups is 2. The molecule has 0 fully saturated rings. The summed E-state index contributed by atoms with van der Waals surface area (Å²) in [5.41, 5.74) is 1.45. The van der Waals surface area contributed by atoms with Crippen LogP contribution < -0.4 is 10.6 Å². The molecule has 2 aromatic carbocycles. The minimum atomic E-state index is -0.898. The number of anilines is 1. The summed E-state index contributed by atoms with van der Waals surface area (Å²) in [5, 5.41) is 6.05. The SMILES string of the molecule is C[C@H](NC1CCc2cc(F)cc(F)c2C1)C(=O)Nc1cn(C(C)(C)C(=O)N(C)CCc2ccccc2)cn1. The van der Waals surface area contributed by atoms with Gasteiger partial charge in [-0.1, -0.05) is 30.3 Å². The molecule has 1 aliphatic carbocycles. The van der Waals surface area contributed by atoms with E-state index in [1.54, 1.807) is 29.6 Å². The first kappa shape index (κ1) is 27.4. The zero-order chi connectivity index (χ0) is 27.4. The van der Waals surface area contributed by atoms with Crippen LogP contribution in [-0.2, 0) is 34.4 Å². The van der Waals surface area contributed by atoms with E-state index in [1.807, 2.05) is 44.2 Å². The Morgan fingerprint density at radius 2 is 1.95 bits per heavy atom. The van der Waals surface area contributed by atoms with Gasteiger partial charge in [0.05, 0.1) is 12.4 Å². The molecule has 202 valence electrons. The normalized spacial score (nSPS) is 16.0. The standard InChI is InChI=1S/C29H35F2N5O2/c1-19(33-23-11-10-21-14-22(30)15-25(31)24(21)16-23)27(37)34-26-17-36(18-32-26)29(2,3)28(38)35(4)13-12-20-8-6-5-7-9-20/h5-9,14-15,17-19,23,33H,10-13,16H2,1-4H3,(H,34,37)/t19-,23?/m0/s1. The Morgan fingerprint density at radius 3 is 2.68 bits per heavy atom. The predicted molar refractivity (Wildman–Crippen MR) is 143 cm³/mol. The third-order valence-corrected chi connectivity index (χ3v) is 7.27. The summed E-state index contributed by atoms with van der Waals surface area (Å²) in [6.45, 7) is 5.95. The zero-order valence-corrected chi connectivity index (χ0v) is 22.3. The summed E-state index contributed by atoms with van der Waals surface area (Å²) >= 11 is 0. The summed E-state index contributed by atoms with van der Waals surface area (Å²) in [5.74, 6) is -1.12. The van der Waals surface area contributed by atoms with E-state index in [1.165, 1.54) is 12.4 Å².